The molecule has 4 nitrogen and oxygen atoms in total. The molecule has 0 fully saturated rings. The summed E-state index contributed by atoms with van der Waals surface area (Å²) in [5.41, 5.74) is 10.3. The lowest BCUT2D eigenvalue weighted by molar-refractivity contribution is 0.568. The third-order valence-electron chi connectivity index (χ3n) is 5.15. The molecule has 0 aliphatic rings. The topological polar surface area (TPSA) is 42.5 Å². The average molecular weight is 382 g/mol. The third-order valence-corrected chi connectivity index (χ3v) is 5.15. The van der Waals surface area contributed by atoms with Gasteiger partial charge in [-0.05, 0) is 56.5 Å². The number of halogens is 1. The predicted octanol–water partition coefficient (Wildman–Crippen LogP) is 5.86. The van der Waals surface area contributed by atoms with Crippen LogP contribution in [0, 0.1) is 27.7 Å². The van der Waals surface area contributed by atoms with Crippen molar-refractivity contribution in [1.82, 2.24) is 9.38 Å². The first kappa shape index (κ1) is 19.1. The lowest BCUT2D eigenvalue weighted by Crippen LogP contribution is -2.05. The number of furan rings is 1. The number of hydrogen-bond acceptors (Lipinski definition) is 3. The van der Waals surface area contributed by atoms with Gasteiger partial charge in [-0.1, -0.05) is 18.2 Å². The van der Waals surface area contributed by atoms with E-state index in [2.05, 4.69) is 67.9 Å². The molecule has 0 aliphatic carbocycles. The molecule has 0 spiro atoms. The maximum absolute atomic E-state index is 5.27. The van der Waals surface area contributed by atoms with Gasteiger partial charge in [0.05, 0.1) is 23.9 Å². The van der Waals surface area contributed by atoms with Crippen LogP contribution in [0.2, 0.25) is 0 Å². The number of nitrogens with zero attached hydrogens (tertiary/aromatic N) is 2. The molecule has 3 heterocycles. The van der Waals surface area contributed by atoms with Gasteiger partial charge >= 0.3 is 0 Å². The molecule has 1 aromatic carbocycles. The quantitative estimate of drug-likeness (QED) is 0.481. The van der Waals surface area contributed by atoms with Crippen molar-refractivity contribution in [2.45, 2.75) is 34.2 Å². The van der Waals surface area contributed by atoms with Crippen LogP contribution in [0.15, 0.2) is 53.5 Å². The Hall–Kier alpha value is -2.72. The first-order valence-corrected chi connectivity index (χ1v) is 8.85. The van der Waals surface area contributed by atoms with Crippen molar-refractivity contribution in [2.75, 3.05) is 5.32 Å². The van der Waals surface area contributed by atoms with Gasteiger partial charge in [0.1, 0.15) is 0 Å². The fourth-order valence-corrected chi connectivity index (χ4v) is 3.40. The third kappa shape index (κ3) is 3.45. The van der Waals surface area contributed by atoms with Crippen molar-refractivity contribution in [1.29, 1.82) is 0 Å². The Morgan fingerprint density at radius 3 is 2.44 bits per heavy atom. The number of rotatable bonds is 4. The molecule has 0 saturated heterocycles. The van der Waals surface area contributed by atoms with Crippen LogP contribution in [-0.4, -0.2) is 9.38 Å². The van der Waals surface area contributed by atoms with Crippen LogP contribution >= 0.6 is 12.4 Å². The fraction of sp³-hybridized carbons (Fsp3) is 0.227. The largest absolute Gasteiger partial charge is 0.472 e. The van der Waals surface area contributed by atoms with E-state index in [1.54, 1.807) is 12.5 Å². The van der Waals surface area contributed by atoms with Gasteiger partial charge < -0.3 is 14.1 Å². The Kier molecular flexibility index (Phi) is 5.29. The van der Waals surface area contributed by atoms with Crippen LogP contribution < -0.4 is 5.32 Å². The summed E-state index contributed by atoms with van der Waals surface area (Å²) in [5.74, 6) is 0. The Labute approximate surface area is 165 Å². The SMILES string of the molecule is Cc1cccc(C)c1CNc1cc(-c2ccoc2)cn2c(C)c(C)nc12.Cl. The van der Waals surface area contributed by atoms with Crippen molar-refractivity contribution < 1.29 is 4.42 Å². The van der Waals surface area contributed by atoms with E-state index in [1.165, 1.54) is 16.7 Å². The highest BCUT2D eigenvalue weighted by atomic mass is 35.5. The molecular weight excluding hydrogens is 358 g/mol. The van der Waals surface area contributed by atoms with Crippen LogP contribution in [0.25, 0.3) is 16.8 Å². The molecule has 140 valence electrons. The molecule has 1 N–H and O–H groups in total. The van der Waals surface area contributed by atoms with E-state index < -0.39 is 0 Å². The molecule has 0 amide bonds. The number of hydrogen-bond donors (Lipinski definition) is 1. The van der Waals surface area contributed by atoms with Gasteiger partial charge in [-0.25, -0.2) is 4.98 Å². The van der Waals surface area contributed by atoms with E-state index >= 15 is 0 Å². The molecule has 0 radical (unpaired) electrons. The van der Waals surface area contributed by atoms with Crippen molar-refractivity contribution in [3.05, 3.63) is 77.1 Å². The molecule has 0 unspecified atom stereocenters. The number of fused-ring (bicyclic) bond motifs is 1. The summed E-state index contributed by atoms with van der Waals surface area (Å²) in [6.45, 7) is 9.24. The second-order valence-electron chi connectivity index (χ2n) is 6.85. The van der Waals surface area contributed by atoms with E-state index in [9.17, 15) is 0 Å². The number of nitrogens with one attached hydrogen (secondary N) is 1. The van der Waals surface area contributed by atoms with Gasteiger partial charge in [0.15, 0.2) is 5.65 Å². The summed E-state index contributed by atoms with van der Waals surface area (Å²) in [5, 5.41) is 3.61. The minimum atomic E-state index is 0. The van der Waals surface area contributed by atoms with Crippen LogP contribution in [0.1, 0.15) is 28.1 Å². The fourth-order valence-electron chi connectivity index (χ4n) is 3.40. The van der Waals surface area contributed by atoms with Crippen LogP contribution in [-0.2, 0) is 6.54 Å². The highest BCUT2D eigenvalue weighted by Crippen LogP contribution is 2.29. The number of benzene rings is 1. The second-order valence-corrected chi connectivity index (χ2v) is 6.85. The van der Waals surface area contributed by atoms with Gasteiger partial charge in [-0.15, -0.1) is 12.4 Å². The van der Waals surface area contributed by atoms with E-state index in [4.69, 9.17) is 9.40 Å². The number of aryl methyl sites for hydroxylation is 4. The van der Waals surface area contributed by atoms with Gasteiger partial charge in [0, 0.05) is 29.6 Å². The molecule has 5 heteroatoms. The molecule has 0 aliphatic heterocycles. The maximum Gasteiger partial charge on any atom is 0.160 e. The molecule has 0 bridgehead atoms. The van der Waals surface area contributed by atoms with E-state index in [0.717, 1.165) is 40.4 Å². The standard InChI is InChI=1S/C22H23N3O.ClH/c1-14-6-5-7-15(2)20(14)11-23-21-10-19(18-8-9-26-13-18)12-25-17(4)16(3)24-22(21)25;/h5-10,12-13,23H,11H2,1-4H3;1H. The molecular formula is C22H24ClN3O. The highest BCUT2D eigenvalue weighted by molar-refractivity contribution is 5.85. The van der Waals surface area contributed by atoms with E-state index in [-0.39, 0.29) is 12.4 Å². The summed E-state index contributed by atoms with van der Waals surface area (Å²) < 4.78 is 7.43. The molecule has 4 aromatic rings. The molecule has 27 heavy (non-hydrogen) atoms. The zero-order valence-electron chi connectivity index (χ0n) is 16.0. The first-order valence-electron chi connectivity index (χ1n) is 8.85. The van der Waals surface area contributed by atoms with Crippen molar-refractivity contribution in [3.8, 4) is 11.1 Å². The normalized spacial score (nSPS) is 10.8. The molecule has 3 aromatic heterocycles. The highest BCUT2D eigenvalue weighted by Gasteiger charge is 2.13. The Bertz CT molecular complexity index is 1060. The van der Waals surface area contributed by atoms with Crippen molar-refractivity contribution in [3.63, 3.8) is 0 Å². The maximum atomic E-state index is 5.27. The molecule has 0 saturated carbocycles. The summed E-state index contributed by atoms with van der Waals surface area (Å²) in [6, 6.07) is 10.6. The average Bonchev–Trinajstić information content (AvgIpc) is 3.24. The molecule has 4 rings (SSSR count). The number of imidazole rings is 1. The lowest BCUT2D eigenvalue weighted by atomic mass is 10.0. The second kappa shape index (κ2) is 7.49. The van der Waals surface area contributed by atoms with E-state index in [0.29, 0.717) is 0 Å². The van der Waals surface area contributed by atoms with Gasteiger partial charge in [-0.3, -0.25) is 0 Å². The smallest absolute Gasteiger partial charge is 0.160 e. The summed E-state index contributed by atoms with van der Waals surface area (Å²) in [4.78, 5) is 4.77. The van der Waals surface area contributed by atoms with Gasteiger partial charge in [0.25, 0.3) is 0 Å². The zero-order valence-corrected chi connectivity index (χ0v) is 16.9. The van der Waals surface area contributed by atoms with Crippen LogP contribution in [0.3, 0.4) is 0 Å². The summed E-state index contributed by atoms with van der Waals surface area (Å²) >= 11 is 0. The van der Waals surface area contributed by atoms with Crippen LogP contribution in [0.5, 0.6) is 0 Å². The Morgan fingerprint density at radius 1 is 1.04 bits per heavy atom. The van der Waals surface area contributed by atoms with E-state index in [1.807, 2.05) is 6.07 Å². The van der Waals surface area contributed by atoms with Crippen molar-refractivity contribution in [2.24, 2.45) is 0 Å². The Morgan fingerprint density at radius 2 is 1.78 bits per heavy atom. The summed E-state index contributed by atoms with van der Waals surface area (Å²) in [6.07, 6.45) is 5.60. The number of pyridine rings is 1. The van der Waals surface area contributed by atoms with Crippen LogP contribution in [0.4, 0.5) is 5.69 Å². The predicted molar refractivity (Wildman–Crippen MR) is 113 cm³/mol. The lowest BCUT2D eigenvalue weighted by Gasteiger charge is -2.14. The minimum Gasteiger partial charge on any atom is -0.472 e. The number of anilines is 1. The molecule has 0 atom stereocenters. The summed E-state index contributed by atoms with van der Waals surface area (Å²) in [7, 11) is 0. The zero-order chi connectivity index (χ0) is 18.3. The van der Waals surface area contributed by atoms with Gasteiger partial charge in [-0.2, -0.15) is 0 Å². The number of aromatic nitrogens is 2. The first-order chi connectivity index (χ1) is 12.5. The van der Waals surface area contributed by atoms with Crippen molar-refractivity contribution >= 4 is 23.7 Å². The van der Waals surface area contributed by atoms with Gasteiger partial charge in [0.2, 0.25) is 0 Å². The minimum absolute atomic E-state index is 0. The monoisotopic (exact) mass is 381 g/mol. The Balaban J connectivity index is 0.00000210.